The van der Waals surface area contributed by atoms with Crippen LogP contribution in [0, 0.1) is 0 Å². The molecule has 1 atom stereocenters. The van der Waals surface area contributed by atoms with Gasteiger partial charge in [-0.25, -0.2) is 5.84 Å². The predicted octanol–water partition coefficient (Wildman–Crippen LogP) is -0.390. The molecule has 6 nitrogen and oxygen atoms in total. The first-order valence-corrected chi connectivity index (χ1v) is 6.24. The van der Waals surface area contributed by atoms with Gasteiger partial charge in [0, 0.05) is 25.2 Å². The van der Waals surface area contributed by atoms with E-state index in [4.69, 9.17) is 5.84 Å². The van der Waals surface area contributed by atoms with E-state index in [-0.39, 0.29) is 17.9 Å². The predicted molar refractivity (Wildman–Crippen MR) is 71.0 cm³/mol. The third kappa shape index (κ3) is 2.91. The molecule has 0 aliphatic carbocycles. The van der Waals surface area contributed by atoms with E-state index in [2.05, 4.69) is 10.7 Å². The van der Waals surface area contributed by atoms with E-state index in [9.17, 15) is 9.59 Å². The molecule has 0 aromatic heterocycles. The Bertz CT molecular complexity index is 489. The highest BCUT2D eigenvalue weighted by molar-refractivity contribution is 5.95. The summed E-state index contributed by atoms with van der Waals surface area (Å²) in [5.41, 5.74) is 3.55. The Balaban J connectivity index is 2.19. The summed E-state index contributed by atoms with van der Waals surface area (Å²) in [6.45, 7) is 3.82. The highest BCUT2D eigenvalue weighted by Gasteiger charge is 2.26. The van der Waals surface area contributed by atoms with E-state index in [1.54, 1.807) is 12.1 Å². The van der Waals surface area contributed by atoms with Crippen LogP contribution in [0.1, 0.15) is 22.8 Å². The Hall–Kier alpha value is -1.92. The highest BCUT2D eigenvalue weighted by Crippen LogP contribution is 2.15. The molecule has 1 fully saturated rings. The molecular weight excluding hydrogens is 244 g/mol. The lowest BCUT2D eigenvalue weighted by atomic mass is 10.0. The van der Waals surface area contributed by atoms with Crippen LogP contribution in [0.4, 0.5) is 0 Å². The molecule has 0 saturated carbocycles. The van der Waals surface area contributed by atoms with Crippen LogP contribution < -0.4 is 16.6 Å². The number of carbonyl (C=O) groups excluding carboxylic acids is 2. The monoisotopic (exact) mass is 262 g/mol. The fourth-order valence-corrected chi connectivity index (χ4v) is 2.22. The number of hydrogen-bond acceptors (Lipinski definition) is 4. The number of piperazine rings is 1. The number of nitrogen functional groups attached to an aromatic ring is 1. The van der Waals surface area contributed by atoms with Gasteiger partial charge in [-0.15, -0.1) is 0 Å². The molecule has 1 aliphatic heterocycles. The number of nitrogens with two attached hydrogens (primary N) is 1. The number of hydrazine groups is 1. The molecule has 4 N–H and O–H groups in total. The first-order valence-electron chi connectivity index (χ1n) is 6.24. The number of amides is 2. The van der Waals surface area contributed by atoms with E-state index >= 15 is 0 Å². The third-order valence-corrected chi connectivity index (χ3v) is 3.39. The SMILES string of the molecule is CC1C(=O)NCCN1Cc1ccccc1C(=O)NN. The second-order valence-electron chi connectivity index (χ2n) is 4.57. The number of benzene rings is 1. The van der Waals surface area contributed by atoms with E-state index in [1.165, 1.54) is 0 Å². The van der Waals surface area contributed by atoms with Crippen molar-refractivity contribution in [1.82, 2.24) is 15.6 Å². The first kappa shape index (κ1) is 13.5. The van der Waals surface area contributed by atoms with Crippen molar-refractivity contribution in [2.45, 2.75) is 19.5 Å². The van der Waals surface area contributed by atoms with E-state index in [0.29, 0.717) is 18.7 Å². The normalized spacial score (nSPS) is 19.9. The number of nitrogens with one attached hydrogen (secondary N) is 2. The van der Waals surface area contributed by atoms with Gasteiger partial charge in [0.2, 0.25) is 5.91 Å². The fourth-order valence-electron chi connectivity index (χ4n) is 2.22. The maximum Gasteiger partial charge on any atom is 0.265 e. The van der Waals surface area contributed by atoms with Gasteiger partial charge in [-0.05, 0) is 18.6 Å². The van der Waals surface area contributed by atoms with Gasteiger partial charge in [0.25, 0.3) is 5.91 Å². The van der Waals surface area contributed by atoms with Gasteiger partial charge >= 0.3 is 0 Å². The van der Waals surface area contributed by atoms with Crippen molar-refractivity contribution in [3.8, 4) is 0 Å². The minimum atomic E-state index is -0.315. The smallest absolute Gasteiger partial charge is 0.265 e. The number of hydrogen-bond donors (Lipinski definition) is 3. The molecule has 1 aromatic rings. The summed E-state index contributed by atoms with van der Waals surface area (Å²) >= 11 is 0. The molecule has 19 heavy (non-hydrogen) atoms. The lowest BCUT2D eigenvalue weighted by Gasteiger charge is -2.33. The van der Waals surface area contributed by atoms with Crippen LogP contribution in [-0.2, 0) is 11.3 Å². The molecule has 102 valence electrons. The van der Waals surface area contributed by atoms with Crippen molar-refractivity contribution >= 4 is 11.8 Å². The standard InChI is InChI=1S/C13H18N4O2/c1-9-12(18)15-6-7-17(9)8-10-4-2-3-5-11(10)13(19)16-14/h2-5,9H,6-8,14H2,1H3,(H,15,18)(H,16,19). The second kappa shape index (κ2) is 5.81. The van der Waals surface area contributed by atoms with Gasteiger partial charge in [-0.2, -0.15) is 0 Å². The zero-order valence-corrected chi connectivity index (χ0v) is 10.8. The van der Waals surface area contributed by atoms with Crippen LogP contribution in [0.2, 0.25) is 0 Å². The van der Waals surface area contributed by atoms with Gasteiger partial charge in [0.05, 0.1) is 6.04 Å². The molecule has 0 radical (unpaired) electrons. The number of rotatable bonds is 3. The molecule has 1 aliphatic rings. The Kier molecular flexibility index (Phi) is 4.13. The minimum Gasteiger partial charge on any atom is -0.353 e. The Morgan fingerprint density at radius 1 is 1.53 bits per heavy atom. The average molecular weight is 262 g/mol. The molecule has 2 rings (SSSR count). The Morgan fingerprint density at radius 3 is 3.00 bits per heavy atom. The largest absolute Gasteiger partial charge is 0.353 e. The second-order valence-corrected chi connectivity index (χ2v) is 4.57. The van der Waals surface area contributed by atoms with Gasteiger partial charge in [0.15, 0.2) is 0 Å². The Morgan fingerprint density at radius 2 is 2.26 bits per heavy atom. The maximum absolute atomic E-state index is 11.7. The van der Waals surface area contributed by atoms with Crippen LogP contribution in [0.25, 0.3) is 0 Å². The summed E-state index contributed by atoms with van der Waals surface area (Å²) in [7, 11) is 0. The molecule has 1 heterocycles. The quantitative estimate of drug-likeness (QED) is 0.393. The summed E-state index contributed by atoms with van der Waals surface area (Å²) in [4.78, 5) is 25.3. The van der Waals surface area contributed by atoms with Crippen LogP contribution in [0.3, 0.4) is 0 Å². The highest BCUT2D eigenvalue weighted by atomic mass is 16.2. The summed E-state index contributed by atoms with van der Waals surface area (Å²) < 4.78 is 0. The summed E-state index contributed by atoms with van der Waals surface area (Å²) in [6.07, 6.45) is 0. The Labute approximate surface area is 111 Å². The summed E-state index contributed by atoms with van der Waals surface area (Å²) in [5.74, 6) is 4.88. The number of carbonyl (C=O) groups is 2. The zero-order valence-electron chi connectivity index (χ0n) is 10.8. The van der Waals surface area contributed by atoms with Crippen LogP contribution >= 0.6 is 0 Å². The van der Waals surface area contributed by atoms with Crippen molar-refractivity contribution in [2.24, 2.45) is 5.84 Å². The van der Waals surface area contributed by atoms with E-state index in [0.717, 1.165) is 12.1 Å². The van der Waals surface area contributed by atoms with Gasteiger partial charge in [-0.3, -0.25) is 19.9 Å². The molecule has 1 unspecified atom stereocenters. The molecule has 0 bridgehead atoms. The fraction of sp³-hybridized carbons (Fsp3) is 0.385. The lowest BCUT2D eigenvalue weighted by Crippen LogP contribution is -2.53. The minimum absolute atomic E-state index is 0.0204. The van der Waals surface area contributed by atoms with Gasteiger partial charge in [0.1, 0.15) is 0 Å². The summed E-state index contributed by atoms with van der Waals surface area (Å²) in [6, 6.07) is 7.08. The molecule has 1 aromatic carbocycles. The topological polar surface area (TPSA) is 87.5 Å². The average Bonchev–Trinajstić information content (AvgIpc) is 2.43. The maximum atomic E-state index is 11.7. The molecule has 1 saturated heterocycles. The third-order valence-electron chi connectivity index (χ3n) is 3.39. The van der Waals surface area contributed by atoms with Crippen LogP contribution in [-0.4, -0.2) is 35.8 Å². The summed E-state index contributed by atoms with van der Waals surface area (Å²) in [5, 5.41) is 2.82. The van der Waals surface area contributed by atoms with Crippen molar-refractivity contribution in [3.05, 3.63) is 35.4 Å². The molecule has 0 spiro atoms. The molecule has 6 heteroatoms. The zero-order chi connectivity index (χ0) is 13.8. The van der Waals surface area contributed by atoms with Crippen LogP contribution in [0.15, 0.2) is 24.3 Å². The first-order chi connectivity index (χ1) is 9.13. The van der Waals surface area contributed by atoms with Crippen molar-refractivity contribution < 1.29 is 9.59 Å². The van der Waals surface area contributed by atoms with Gasteiger partial charge < -0.3 is 5.32 Å². The van der Waals surface area contributed by atoms with Crippen molar-refractivity contribution in [2.75, 3.05) is 13.1 Å². The van der Waals surface area contributed by atoms with Crippen LogP contribution in [0.5, 0.6) is 0 Å². The van der Waals surface area contributed by atoms with Crippen molar-refractivity contribution in [1.29, 1.82) is 0 Å². The van der Waals surface area contributed by atoms with Crippen molar-refractivity contribution in [3.63, 3.8) is 0 Å². The molecular formula is C13H18N4O2. The van der Waals surface area contributed by atoms with E-state index < -0.39 is 0 Å². The van der Waals surface area contributed by atoms with Gasteiger partial charge in [-0.1, -0.05) is 18.2 Å². The molecule has 2 amide bonds. The van der Waals surface area contributed by atoms with E-state index in [1.807, 2.05) is 24.0 Å². The number of nitrogens with zero attached hydrogens (tertiary/aromatic N) is 1. The lowest BCUT2D eigenvalue weighted by molar-refractivity contribution is -0.128.